The Kier molecular flexibility index (Phi) is 8.51. The van der Waals surface area contributed by atoms with E-state index in [1.54, 1.807) is 0 Å². The molecule has 0 atom stereocenters. The number of nitrogens with zero attached hydrogens (tertiary/aromatic N) is 2. The van der Waals surface area contributed by atoms with Crippen molar-refractivity contribution >= 4 is 5.96 Å². The third-order valence-electron chi connectivity index (χ3n) is 3.90. The van der Waals surface area contributed by atoms with Crippen molar-refractivity contribution in [2.45, 2.75) is 26.3 Å². The van der Waals surface area contributed by atoms with E-state index in [1.807, 2.05) is 6.07 Å². The molecule has 1 aliphatic rings. The molecule has 0 amide bonds. The summed E-state index contributed by atoms with van der Waals surface area (Å²) in [5, 5.41) is 6.73. The Morgan fingerprint density at radius 3 is 2.65 bits per heavy atom. The third-order valence-corrected chi connectivity index (χ3v) is 3.90. The predicted octanol–water partition coefficient (Wildman–Crippen LogP) is 1.85. The molecule has 23 heavy (non-hydrogen) atoms. The van der Waals surface area contributed by atoms with E-state index < -0.39 is 0 Å². The summed E-state index contributed by atoms with van der Waals surface area (Å²) in [4.78, 5) is 7.12. The van der Waals surface area contributed by atoms with Crippen molar-refractivity contribution in [2.24, 2.45) is 4.99 Å². The Morgan fingerprint density at radius 1 is 1.13 bits per heavy atom. The molecule has 0 bridgehead atoms. The molecule has 0 unspecified atom stereocenters. The number of ether oxygens (including phenoxy) is 1. The van der Waals surface area contributed by atoms with Crippen LogP contribution in [0.15, 0.2) is 35.3 Å². The highest BCUT2D eigenvalue weighted by Gasteiger charge is 2.08. The van der Waals surface area contributed by atoms with Crippen LogP contribution in [0.25, 0.3) is 0 Å². The minimum absolute atomic E-state index is 0.712. The minimum Gasteiger partial charge on any atom is -0.379 e. The molecular weight excluding hydrogens is 288 g/mol. The van der Waals surface area contributed by atoms with E-state index in [0.29, 0.717) is 6.54 Å². The fourth-order valence-electron chi connectivity index (χ4n) is 2.59. The lowest BCUT2D eigenvalue weighted by Crippen LogP contribution is -2.39. The molecule has 0 radical (unpaired) electrons. The van der Waals surface area contributed by atoms with Gasteiger partial charge >= 0.3 is 0 Å². The molecular formula is C18H30N4O. The van der Waals surface area contributed by atoms with E-state index in [-0.39, 0.29) is 0 Å². The van der Waals surface area contributed by atoms with E-state index in [2.05, 4.69) is 51.7 Å². The van der Waals surface area contributed by atoms with Gasteiger partial charge in [-0.15, -0.1) is 0 Å². The summed E-state index contributed by atoms with van der Waals surface area (Å²) in [5.41, 5.74) is 1.23. The average Bonchev–Trinajstić information content (AvgIpc) is 2.61. The standard InChI is InChI=1S/C18H30N4O/c1-2-19-18(21-16-17-8-4-3-5-9-17)20-10-6-7-11-22-12-14-23-15-13-22/h3-5,8-9H,2,6-7,10-16H2,1H3,(H2,19,20,21). The molecule has 0 spiro atoms. The fourth-order valence-corrected chi connectivity index (χ4v) is 2.59. The number of hydrogen-bond acceptors (Lipinski definition) is 3. The Morgan fingerprint density at radius 2 is 1.91 bits per heavy atom. The number of benzene rings is 1. The second kappa shape index (κ2) is 11.0. The van der Waals surface area contributed by atoms with Crippen LogP contribution in [0.4, 0.5) is 0 Å². The summed E-state index contributed by atoms with van der Waals surface area (Å²) in [6.45, 7) is 9.75. The van der Waals surface area contributed by atoms with Gasteiger partial charge in [-0.3, -0.25) is 4.90 Å². The highest BCUT2D eigenvalue weighted by Crippen LogP contribution is 2.01. The lowest BCUT2D eigenvalue weighted by molar-refractivity contribution is 0.0372. The smallest absolute Gasteiger partial charge is 0.191 e. The van der Waals surface area contributed by atoms with Gasteiger partial charge < -0.3 is 15.4 Å². The van der Waals surface area contributed by atoms with Crippen LogP contribution in [0.1, 0.15) is 25.3 Å². The first-order chi connectivity index (χ1) is 11.4. The third kappa shape index (κ3) is 7.48. The van der Waals surface area contributed by atoms with Crippen molar-refractivity contribution in [2.75, 3.05) is 45.9 Å². The average molecular weight is 318 g/mol. The van der Waals surface area contributed by atoms with E-state index >= 15 is 0 Å². The molecule has 5 nitrogen and oxygen atoms in total. The molecule has 2 N–H and O–H groups in total. The Labute approximate surface area is 140 Å². The lowest BCUT2D eigenvalue weighted by Gasteiger charge is -2.26. The topological polar surface area (TPSA) is 48.9 Å². The quantitative estimate of drug-likeness (QED) is 0.436. The van der Waals surface area contributed by atoms with Gasteiger partial charge in [-0.05, 0) is 31.9 Å². The maximum absolute atomic E-state index is 5.37. The van der Waals surface area contributed by atoms with Gasteiger partial charge in [0.25, 0.3) is 0 Å². The molecule has 0 aromatic heterocycles. The summed E-state index contributed by atoms with van der Waals surface area (Å²) >= 11 is 0. The Balaban J connectivity index is 1.63. The molecule has 1 aliphatic heterocycles. The number of guanidine groups is 1. The molecule has 128 valence electrons. The van der Waals surface area contributed by atoms with Crippen molar-refractivity contribution in [3.63, 3.8) is 0 Å². The summed E-state index contributed by atoms with van der Waals surface area (Å²) in [6.07, 6.45) is 2.37. The number of hydrogen-bond donors (Lipinski definition) is 2. The predicted molar refractivity (Wildman–Crippen MR) is 95.8 cm³/mol. The van der Waals surface area contributed by atoms with Gasteiger partial charge in [0.15, 0.2) is 5.96 Å². The maximum atomic E-state index is 5.37. The second-order valence-corrected chi connectivity index (χ2v) is 5.77. The summed E-state index contributed by atoms with van der Waals surface area (Å²) < 4.78 is 5.37. The molecule has 1 aromatic carbocycles. The first-order valence-electron chi connectivity index (χ1n) is 8.74. The number of morpholine rings is 1. The number of unbranched alkanes of at least 4 members (excludes halogenated alkanes) is 1. The van der Waals surface area contributed by atoms with Crippen LogP contribution in [-0.2, 0) is 11.3 Å². The highest BCUT2D eigenvalue weighted by molar-refractivity contribution is 5.79. The molecule has 1 saturated heterocycles. The zero-order valence-electron chi connectivity index (χ0n) is 14.3. The van der Waals surface area contributed by atoms with Gasteiger partial charge in [0.1, 0.15) is 0 Å². The van der Waals surface area contributed by atoms with Crippen LogP contribution in [0.2, 0.25) is 0 Å². The minimum atomic E-state index is 0.712. The van der Waals surface area contributed by atoms with Crippen molar-refractivity contribution in [3.8, 4) is 0 Å². The van der Waals surface area contributed by atoms with E-state index in [4.69, 9.17) is 4.74 Å². The molecule has 5 heteroatoms. The Hall–Kier alpha value is -1.59. The van der Waals surface area contributed by atoms with Crippen molar-refractivity contribution in [1.29, 1.82) is 0 Å². The van der Waals surface area contributed by atoms with Gasteiger partial charge in [-0.25, -0.2) is 4.99 Å². The number of aliphatic imine (C=N–C) groups is 1. The summed E-state index contributed by atoms with van der Waals surface area (Å²) in [6, 6.07) is 10.4. The largest absolute Gasteiger partial charge is 0.379 e. The fraction of sp³-hybridized carbons (Fsp3) is 0.611. The zero-order chi connectivity index (χ0) is 16.2. The van der Waals surface area contributed by atoms with Crippen LogP contribution in [0.5, 0.6) is 0 Å². The van der Waals surface area contributed by atoms with Gasteiger partial charge in [0, 0.05) is 26.2 Å². The lowest BCUT2D eigenvalue weighted by atomic mass is 10.2. The number of rotatable bonds is 8. The Bertz CT molecular complexity index is 444. The van der Waals surface area contributed by atoms with Crippen molar-refractivity contribution in [3.05, 3.63) is 35.9 Å². The zero-order valence-corrected chi connectivity index (χ0v) is 14.3. The molecule has 1 fully saturated rings. The first kappa shape index (κ1) is 17.8. The van der Waals surface area contributed by atoms with E-state index in [1.165, 1.54) is 18.5 Å². The summed E-state index contributed by atoms with van der Waals surface area (Å²) in [7, 11) is 0. The van der Waals surface area contributed by atoms with Gasteiger partial charge in [-0.1, -0.05) is 30.3 Å². The monoisotopic (exact) mass is 318 g/mol. The second-order valence-electron chi connectivity index (χ2n) is 5.77. The van der Waals surface area contributed by atoms with E-state index in [0.717, 1.165) is 51.8 Å². The van der Waals surface area contributed by atoms with Crippen LogP contribution >= 0.6 is 0 Å². The molecule has 1 aromatic rings. The maximum Gasteiger partial charge on any atom is 0.191 e. The van der Waals surface area contributed by atoms with Crippen molar-refractivity contribution in [1.82, 2.24) is 15.5 Å². The van der Waals surface area contributed by atoms with Gasteiger partial charge in [-0.2, -0.15) is 0 Å². The molecule has 1 heterocycles. The number of nitrogens with one attached hydrogen (secondary N) is 2. The van der Waals surface area contributed by atoms with E-state index in [9.17, 15) is 0 Å². The molecule has 2 rings (SSSR count). The van der Waals surface area contributed by atoms with Gasteiger partial charge in [0.05, 0.1) is 19.8 Å². The highest BCUT2D eigenvalue weighted by atomic mass is 16.5. The SMILES string of the molecule is CCNC(=NCc1ccccc1)NCCCCN1CCOCC1. The van der Waals surface area contributed by atoms with Crippen LogP contribution in [0, 0.1) is 0 Å². The first-order valence-corrected chi connectivity index (χ1v) is 8.74. The van der Waals surface area contributed by atoms with Crippen LogP contribution in [0.3, 0.4) is 0 Å². The molecule has 0 aliphatic carbocycles. The normalized spacial score (nSPS) is 16.3. The summed E-state index contributed by atoms with van der Waals surface area (Å²) in [5.74, 6) is 0.905. The van der Waals surface area contributed by atoms with Crippen LogP contribution < -0.4 is 10.6 Å². The van der Waals surface area contributed by atoms with Gasteiger partial charge in [0.2, 0.25) is 0 Å². The van der Waals surface area contributed by atoms with Crippen LogP contribution in [-0.4, -0.2) is 56.8 Å². The van der Waals surface area contributed by atoms with Crippen molar-refractivity contribution < 1.29 is 4.74 Å². The molecule has 0 saturated carbocycles.